The van der Waals surface area contributed by atoms with Gasteiger partial charge in [0, 0.05) is 13.1 Å². The molecule has 4 atom stereocenters. The highest BCUT2D eigenvalue weighted by Crippen LogP contribution is 2.20. The van der Waals surface area contributed by atoms with E-state index in [1.807, 2.05) is 55.4 Å². The first-order valence-corrected chi connectivity index (χ1v) is 10.9. The van der Waals surface area contributed by atoms with Crippen LogP contribution >= 0.6 is 0 Å². The molecule has 0 aromatic carbocycles. The van der Waals surface area contributed by atoms with E-state index < -0.39 is 23.4 Å². The fraction of sp³-hybridized carbons (Fsp3) is 0.909. The maximum absolute atomic E-state index is 11.7. The van der Waals surface area contributed by atoms with Crippen LogP contribution in [0.1, 0.15) is 68.2 Å². The summed E-state index contributed by atoms with van der Waals surface area (Å²) in [4.78, 5) is 26.5. The lowest BCUT2D eigenvalue weighted by Gasteiger charge is -2.35. The lowest BCUT2D eigenvalue weighted by Crippen LogP contribution is -2.47. The number of carbonyl (C=O) groups is 2. The normalized spacial score (nSPS) is 27.7. The number of hydrogen-bond donors (Lipinski definition) is 2. The second-order valence-electron chi connectivity index (χ2n) is 10.5. The molecule has 2 N–H and O–H groups in total. The third-order valence-electron chi connectivity index (χ3n) is 5.14. The van der Waals surface area contributed by atoms with E-state index in [0.717, 1.165) is 12.8 Å². The average molecular weight is 431 g/mol. The van der Waals surface area contributed by atoms with Gasteiger partial charge in [0.05, 0.1) is 25.3 Å². The topological polar surface area (TPSA) is 99.5 Å². The van der Waals surface area contributed by atoms with Crippen LogP contribution in [-0.2, 0) is 9.47 Å². The van der Waals surface area contributed by atoms with Gasteiger partial charge in [-0.15, -0.1) is 0 Å². The van der Waals surface area contributed by atoms with E-state index in [0.29, 0.717) is 26.2 Å². The van der Waals surface area contributed by atoms with Crippen molar-refractivity contribution in [1.29, 1.82) is 0 Å². The molecule has 2 aliphatic heterocycles. The van der Waals surface area contributed by atoms with Crippen LogP contribution in [0.2, 0.25) is 0 Å². The van der Waals surface area contributed by atoms with E-state index in [4.69, 9.17) is 9.47 Å². The highest BCUT2D eigenvalue weighted by atomic mass is 16.6. The fourth-order valence-corrected chi connectivity index (χ4v) is 3.08. The Morgan fingerprint density at radius 2 is 1.03 bits per heavy atom. The Labute approximate surface area is 181 Å². The van der Waals surface area contributed by atoms with Crippen molar-refractivity contribution in [2.75, 3.05) is 26.2 Å². The van der Waals surface area contributed by atoms with Crippen LogP contribution in [0.3, 0.4) is 0 Å². The minimum atomic E-state index is -0.467. The quantitative estimate of drug-likeness (QED) is 0.612. The Balaban J connectivity index is 0.000000300. The molecule has 0 spiro atoms. The zero-order valence-corrected chi connectivity index (χ0v) is 20.0. The molecule has 30 heavy (non-hydrogen) atoms. The summed E-state index contributed by atoms with van der Waals surface area (Å²) in [7, 11) is 0. The number of rotatable bonds is 0. The largest absolute Gasteiger partial charge is 0.444 e. The van der Waals surface area contributed by atoms with Crippen LogP contribution in [0, 0.1) is 11.8 Å². The van der Waals surface area contributed by atoms with Crippen LogP contribution in [0.5, 0.6) is 0 Å². The highest BCUT2D eigenvalue weighted by Gasteiger charge is 2.31. The summed E-state index contributed by atoms with van der Waals surface area (Å²) in [5.41, 5.74) is -0.934. The van der Waals surface area contributed by atoms with Gasteiger partial charge < -0.3 is 29.5 Å². The first-order valence-electron chi connectivity index (χ1n) is 10.9. The Morgan fingerprint density at radius 3 is 1.27 bits per heavy atom. The second-order valence-corrected chi connectivity index (χ2v) is 10.5. The summed E-state index contributed by atoms with van der Waals surface area (Å²) in [5.74, 6) is 0.535. The summed E-state index contributed by atoms with van der Waals surface area (Å²) in [6.45, 7) is 17.2. The smallest absolute Gasteiger partial charge is 0.410 e. The standard InChI is InChI=1S/2C11H21NO3/c2*1-8-5-6-12(7-9(8)13)10(14)15-11(2,3)4/h2*8-9,13H,5-7H2,1-4H3/t2*8-,9-/m10/s1. The zero-order chi connectivity index (χ0) is 23.3. The predicted molar refractivity (Wildman–Crippen MR) is 115 cm³/mol. The van der Waals surface area contributed by atoms with Crippen molar-refractivity contribution in [1.82, 2.24) is 9.80 Å². The molecule has 176 valence electrons. The van der Waals surface area contributed by atoms with Crippen LogP contribution in [0.4, 0.5) is 9.59 Å². The van der Waals surface area contributed by atoms with Gasteiger partial charge in [0.15, 0.2) is 0 Å². The Bertz CT molecular complexity index is 519. The van der Waals surface area contributed by atoms with Gasteiger partial charge in [-0.2, -0.15) is 0 Å². The first-order chi connectivity index (χ1) is 13.6. The number of aliphatic hydroxyl groups excluding tert-OH is 2. The third-order valence-corrected chi connectivity index (χ3v) is 5.14. The van der Waals surface area contributed by atoms with Gasteiger partial charge >= 0.3 is 12.2 Å². The number of carbonyl (C=O) groups excluding carboxylic acids is 2. The van der Waals surface area contributed by atoms with E-state index in [1.54, 1.807) is 9.80 Å². The predicted octanol–water partition coefficient (Wildman–Crippen LogP) is 3.25. The van der Waals surface area contributed by atoms with Crippen LogP contribution in [0.25, 0.3) is 0 Å². The molecule has 0 bridgehead atoms. The van der Waals surface area contributed by atoms with Crippen molar-refractivity contribution in [2.45, 2.75) is 91.6 Å². The van der Waals surface area contributed by atoms with Gasteiger partial charge in [-0.1, -0.05) is 13.8 Å². The minimum Gasteiger partial charge on any atom is -0.444 e. The Kier molecular flexibility index (Phi) is 9.42. The van der Waals surface area contributed by atoms with Gasteiger partial charge in [0.1, 0.15) is 11.2 Å². The molecule has 0 aliphatic carbocycles. The van der Waals surface area contributed by atoms with Crippen LogP contribution < -0.4 is 0 Å². The number of piperidine rings is 2. The maximum Gasteiger partial charge on any atom is 0.410 e. The molecular formula is C22H42N2O6. The Morgan fingerprint density at radius 1 is 0.733 bits per heavy atom. The fourth-order valence-electron chi connectivity index (χ4n) is 3.08. The number of amides is 2. The van der Waals surface area contributed by atoms with Crippen molar-refractivity contribution in [3.8, 4) is 0 Å². The van der Waals surface area contributed by atoms with Gasteiger partial charge in [-0.3, -0.25) is 0 Å². The van der Waals surface area contributed by atoms with Gasteiger partial charge in [0.2, 0.25) is 0 Å². The van der Waals surface area contributed by atoms with Gasteiger partial charge in [-0.05, 0) is 66.2 Å². The molecule has 8 nitrogen and oxygen atoms in total. The molecular weight excluding hydrogens is 388 g/mol. The van der Waals surface area contributed by atoms with E-state index in [2.05, 4.69) is 0 Å². The number of aliphatic hydroxyl groups is 2. The Hall–Kier alpha value is -1.54. The molecule has 2 rings (SSSR count). The zero-order valence-electron chi connectivity index (χ0n) is 20.0. The van der Waals surface area contributed by atoms with Crippen molar-refractivity contribution >= 4 is 12.2 Å². The van der Waals surface area contributed by atoms with E-state index in [1.165, 1.54) is 0 Å². The molecule has 0 saturated carbocycles. The SMILES string of the molecule is C[C@@H]1CCN(C(=O)OC(C)(C)C)C[C@H]1O.C[C@H]1CCN(C(=O)OC(C)(C)C)C[C@@H]1O. The molecule has 2 fully saturated rings. The number of likely N-dealkylation sites (tertiary alicyclic amines) is 2. The van der Waals surface area contributed by atoms with Crippen LogP contribution in [-0.4, -0.2) is 81.8 Å². The van der Waals surface area contributed by atoms with Gasteiger partial charge in [0.25, 0.3) is 0 Å². The molecule has 0 unspecified atom stereocenters. The first kappa shape index (κ1) is 26.5. The summed E-state index contributed by atoms with van der Waals surface area (Å²) < 4.78 is 10.5. The van der Waals surface area contributed by atoms with E-state index >= 15 is 0 Å². The average Bonchev–Trinajstić information content (AvgIpc) is 2.57. The van der Waals surface area contributed by atoms with Crippen molar-refractivity contribution in [3.05, 3.63) is 0 Å². The third kappa shape index (κ3) is 9.51. The number of nitrogens with zero attached hydrogens (tertiary/aromatic N) is 2. The number of ether oxygens (including phenoxy) is 2. The van der Waals surface area contributed by atoms with Crippen LogP contribution in [0.15, 0.2) is 0 Å². The molecule has 2 heterocycles. The van der Waals surface area contributed by atoms with Gasteiger partial charge in [-0.25, -0.2) is 9.59 Å². The molecule has 2 aliphatic rings. The summed E-state index contributed by atoms with van der Waals surface area (Å²) in [6.07, 6.45) is 0.167. The molecule has 8 heteroatoms. The molecule has 2 saturated heterocycles. The number of β-amino-alcohol motifs (C(OH)–C–C–N with tert-alkyl or cyclic N) is 2. The maximum atomic E-state index is 11.7. The van der Waals surface area contributed by atoms with Crippen molar-refractivity contribution < 1.29 is 29.3 Å². The second kappa shape index (κ2) is 10.7. The van der Waals surface area contributed by atoms with E-state index in [9.17, 15) is 19.8 Å². The van der Waals surface area contributed by atoms with Crippen molar-refractivity contribution in [3.63, 3.8) is 0 Å². The minimum absolute atomic E-state index is 0.267. The lowest BCUT2D eigenvalue weighted by molar-refractivity contribution is -0.00982. The summed E-state index contributed by atoms with van der Waals surface area (Å²) in [5, 5.41) is 19.3. The lowest BCUT2D eigenvalue weighted by atomic mass is 9.96. The molecule has 0 aromatic rings. The highest BCUT2D eigenvalue weighted by molar-refractivity contribution is 5.68. The number of hydrogen-bond acceptors (Lipinski definition) is 6. The molecule has 2 amide bonds. The summed E-state index contributed by atoms with van der Waals surface area (Å²) in [6, 6.07) is 0. The molecule has 0 radical (unpaired) electrons. The summed E-state index contributed by atoms with van der Waals surface area (Å²) >= 11 is 0. The monoisotopic (exact) mass is 430 g/mol. The van der Waals surface area contributed by atoms with E-state index in [-0.39, 0.29) is 24.0 Å². The van der Waals surface area contributed by atoms with Crippen molar-refractivity contribution in [2.24, 2.45) is 11.8 Å². The molecule has 0 aromatic heterocycles.